The summed E-state index contributed by atoms with van der Waals surface area (Å²) in [7, 11) is 0. The fourth-order valence-corrected chi connectivity index (χ4v) is 4.11. The third kappa shape index (κ3) is 7.84. The molecule has 35 heavy (non-hydrogen) atoms. The number of hydrogen-bond acceptors (Lipinski definition) is 6. The molecule has 0 atom stereocenters. The summed E-state index contributed by atoms with van der Waals surface area (Å²) in [6.45, 7) is 7.97. The van der Waals surface area contributed by atoms with E-state index in [0.29, 0.717) is 26.4 Å². The molecule has 1 saturated heterocycles. The Morgan fingerprint density at radius 2 is 1.29 bits per heavy atom. The highest BCUT2D eigenvalue weighted by Crippen LogP contribution is 2.31. The smallest absolute Gasteiger partial charge is 0.320 e. The van der Waals surface area contributed by atoms with Gasteiger partial charge in [-0.05, 0) is 35.7 Å². The van der Waals surface area contributed by atoms with Gasteiger partial charge in [0, 0.05) is 32.7 Å². The van der Waals surface area contributed by atoms with Crippen LogP contribution in [0.1, 0.15) is 23.6 Å². The van der Waals surface area contributed by atoms with Crippen molar-refractivity contribution in [1.82, 2.24) is 9.80 Å². The number of carbonyl (C=O) groups excluding carboxylic acids is 1. The molecule has 3 aromatic carbocycles. The van der Waals surface area contributed by atoms with Crippen LogP contribution in [-0.4, -0.2) is 55.1 Å². The molecular weight excluding hydrogens is 440 g/mol. The van der Waals surface area contributed by atoms with Crippen LogP contribution in [0.3, 0.4) is 0 Å². The molecule has 1 heterocycles. The molecular formula is C29H34N2O4. The van der Waals surface area contributed by atoms with E-state index in [-0.39, 0.29) is 5.97 Å². The lowest BCUT2D eigenvalue weighted by atomic mass is 10.1. The van der Waals surface area contributed by atoms with Crippen LogP contribution in [0.5, 0.6) is 11.5 Å². The van der Waals surface area contributed by atoms with Crippen molar-refractivity contribution >= 4 is 5.97 Å². The van der Waals surface area contributed by atoms with E-state index in [1.807, 2.05) is 49.4 Å². The van der Waals surface area contributed by atoms with Crippen molar-refractivity contribution in [3.8, 4) is 11.5 Å². The van der Waals surface area contributed by atoms with Gasteiger partial charge in [-0.2, -0.15) is 0 Å². The standard InChI is InChI=1S/C29H34N2O4/c1-2-33-29(32)21-31-17-15-30(16-18-31)20-26-13-14-27(34-22-24-9-5-3-6-10-24)28(19-26)35-23-25-11-7-4-8-12-25/h3-14,19H,2,15-18,20-23H2,1H3. The third-order valence-corrected chi connectivity index (χ3v) is 6.01. The fourth-order valence-electron chi connectivity index (χ4n) is 4.11. The first-order valence-electron chi connectivity index (χ1n) is 12.3. The van der Waals surface area contributed by atoms with Crippen molar-refractivity contribution in [2.24, 2.45) is 0 Å². The van der Waals surface area contributed by atoms with Gasteiger partial charge >= 0.3 is 5.97 Å². The SMILES string of the molecule is CCOC(=O)CN1CCN(Cc2ccc(OCc3ccccc3)c(OCc3ccccc3)c2)CC1. The number of carbonyl (C=O) groups is 1. The molecule has 6 heteroatoms. The van der Waals surface area contributed by atoms with Crippen LogP contribution >= 0.6 is 0 Å². The minimum atomic E-state index is -0.146. The maximum absolute atomic E-state index is 11.8. The highest BCUT2D eigenvalue weighted by atomic mass is 16.5. The summed E-state index contributed by atoms with van der Waals surface area (Å²) in [5, 5.41) is 0. The van der Waals surface area contributed by atoms with E-state index >= 15 is 0 Å². The Balaban J connectivity index is 1.38. The summed E-state index contributed by atoms with van der Waals surface area (Å²) in [6.07, 6.45) is 0. The van der Waals surface area contributed by atoms with Crippen molar-refractivity contribution in [3.05, 3.63) is 95.6 Å². The summed E-state index contributed by atoms with van der Waals surface area (Å²) < 4.78 is 17.4. The molecule has 1 fully saturated rings. The number of benzene rings is 3. The predicted molar refractivity (Wildman–Crippen MR) is 136 cm³/mol. The molecule has 0 N–H and O–H groups in total. The average molecular weight is 475 g/mol. The number of piperazine rings is 1. The monoisotopic (exact) mass is 474 g/mol. The normalized spacial score (nSPS) is 14.4. The Bertz CT molecular complexity index is 1050. The molecule has 6 nitrogen and oxygen atoms in total. The number of ether oxygens (including phenoxy) is 3. The number of hydrogen-bond donors (Lipinski definition) is 0. The van der Waals surface area contributed by atoms with E-state index in [1.165, 1.54) is 5.56 Å². The van der Waals surface area contributed by atoms with Crippen LogP contribution in [0.2, 0.25) is 0 Å². The zero-order valence-electron chi connectivity index (χ0n) is 20.4. The van der Waals surface area contributed by atoms with Gasteiger partial charge in [-0.3, -0.25) is 14.6 Å². The predicted octanol–water partition coefficient (Wildman–Crippen LogP) is 4.53. The summed E-state index contributed by atoms with van der Waals surface area (Å²) in [6, 6.07) is 26.5. The molecule has 0 aromatic heterocycles. The van der Waals surface area contributed by atoms with Gasteiger partial charge in [0.15, 0.2) is 11.5 Å². The minimum Gasteiger partial charge on any atom is -0.485 e. The highest BCUT2D eigenvalue weighted by molar-refractivity contribution is 5.71. The number of nitrogens with zero attached hydrogens (tertiary/aromatic N) is 2. The first kappa shape index (κ1) is 24.8. The Labute approximate surface area is 208 Å². The van der Waals surface area contributed by atoms with Gasteiger partial charge in [-0.1, -0.05) is 66.7 Å². The highest BCUT2D eigenvalue weighted by Gasteiger charge is 2.20. The van der Waals surface area contributed by atoms with E-state index in [2.05, 4.69) is 46.2 Å². The topological polar surface area (TPSA) is 51.2 Å². The second-order valence-electron chi connectivity index (χ2n) is 8.69. The second-order valence-corrected chi connectivity index (χ2v) is 8.69. The van der Waals surface area contributed by atoms with Gasteiger partial charge in [0.05, 0.1) is 13.2 Å². The Hall–Kier alpha value is -3.35. The Kier molecular flexibility index (Phi) is 9.15. The van der Waals surface area contributed by atoms with Crippen molar-refractivity contribution in [1.29, 1.82) is 0 Å². The lowest BCUT2D eigenvalue weighted by Crippen LogP contribution is -2.47. The molecule has 0 saturated carbocycles. The molecule has 1 aliphatic heterocycles. The van der Waals surface area contributed by atoms with Crippen LogP contribution in [0.4, 0.5) is 0 Å². The van der Waals surface area contributed by atoms with Crippen LogP contribution in [0, 0.1) is 0 Å². The maximum atomic E-state index is 11.8. The summed E-state index contributed by atoms with van der Waals surface area (Å²) >= 11 is 0. The first-order valence-corrected chi connectivity index (χ1v) is 12.3. The second kappa shape index (κ2) is 12.9. The van der Waals surface area contributed by atoms with Crippen molar-refractivity contribution in [2.75, 3.05) is 39.3 Å². The van der Waals surface area contributed by atoms with Gasteiger partial charge in [-0.25, -0.2) is 0 Å². The quantitative estimate of drug-likeness (QED) is 0.381. The van der Waals surface area contributed by atoms with E-state index in [0.717, 1.165) is 55.3 Å². The van der Waals surface area contributed by atoms with Crippen LogP contribution in [-0.2, 0) is 29.3 Å². The number of esters is 1. The van der Waals surface area contributed by atoms with Gasteiger partial charge in [0.25, 0.3) is 0 Å². The summed E-state index contributed by atoms with van der Waals surface area (Å²) in [5.41, 5.74) is 3.41. The van der Waals surface area contributed by atoms with E-state index in [9.17, 15) is 4.79 Å². The van der Waals surface area contributed by atoms with E-state index in [1.54, 1.807) is 0 Å². The first-order chi connectivity index (χ1) is 17.2. The number of rotatable bonds is 11. The molecule has 4 rings (SSSR count). The fraction of sp³-hybridized carbons (Fsp3) is 0.345. The Morgan fingerprint density at radius 3 is 1.89 bits per heavy atom. The lowest BCUT2D eigenvalue weighted by Gasteiger charge is -2.34. The molecule has 0 aliphatic carbocycles. The third-order valence-electron chi connectivity index (χ3n) is 6.01. The minimum absolute atomic E-state index is 0.146. The summed E-state index contributed by atoms with van der Waals surface area (Å²) in [4.78, 5) is 16.3. The molecule has 0 spiro atoms. The van der Waals surface area contributed by atoms with Crippen LogP contribution in [0.15, 0.2) is 78.9 Å². The van der Waals surface area contributed by atoms with Gasteiger partial charge < -0.3 is 14.2 Å². The largest absolute Gasteiger partial charge is 0.485 e. The molecule has 0 unspecified atom stereocenters. The van der Waals surface area contributed by atoms with Crippen molar-refractivity contribution < 1.29 is 19.0 Å². The molecule has 0 radical (unpaired) electrons. The molecule has 184 valence electrons. The zero-order chi connectivity index (χ0) is 24.3. The zero-order valence-corrected chi connectivity index (χ0v) is 20.4. The van der Waals surface area contributed by atoms with Gasteiger partial charge in [0.2, 0.25) is 0 Å². The van der Waals surface area contributed by atoms with Crippen molar-refractivity contribution in [2.45, 2.75) is 26.7 Å². The van der Waals surface area contributed by atoms with Gasteiger partial charge in [-0.15, -0.1) is 0 Å². The van der Waals surface area contributed by atoms with Gasteiger partial charge in [0.1, 0.15) is 13.2 Å². The van der Waals surface area contributed by atoms with Crippen molar-refractivity contribution in [3.63, 3.8) is 0 Å². The van der Waals surface area contributed by atoms with Crippen LogP contribution in [0.25, 0.3) is 0 Å². The molecule has 0 amide bonds. The molecule has 1 aliphatic rings. The molecule has 3 aromatic rings. The Morgan fingerprint density at radius 1 is 0.714 bits per heavy atom. The maximum Gasteiger partial charge on any atom is 0.320 e. The van der Waals surface area contributed by atoms with Crippen LogP contribution < -0.4 is 9.47 Å². The average Bonchev–Trinajstić information content (AvgIpc) is 2.89. The lowest BCUT2D eigenvalue weighted by molar-refractivity contribution is -0.144. The van der Waals surface area contributed by atoms with E-state index < -0.39 is 0 Å². The summed E-state index contributed by atoms with van der Waals surface area (Å²) in [5.74, 6) is 1.35. The molecule has 0 bridgehead atoms. The van der Waals surface area contributed by atoms with E-state index in [4.69, 9.17) is 14.2 Å².